The van der Waals surface area contributed by atoms with Gasteiger partial charge in [-0.3, -0.25) is 9.69 Å². The van der Waals surface area contributed by atoms with E-state index < -0.39 is 36.2 Å². The van der Waals surface area contributed by atoms with E-state index in [1.807, 2.05) is 0 Å². The number of hydrogen-bond donors (Lipinski definition) is 3. The Hall–Kier alpha value is -2.64. The lowest BCUT2D eigenvalue weighted by atomic mass is 10.2. The van der Waals surface area contributed by atoms with Gasteiger partial charge in [0.1, 0.15) is 11.9 Å². The quantitative estimate of drug-likeness (QED) is 0.721. The van der Waals surface area contributed by atoms with Gasteiger partial charge in [0, 0.05) is 7.05 Å². The first-order chi connectivity index (χ1) is 9.32. The van der Waals surface area contributed by atoms with Crippen LogP contribution in [0.4, 0.5) is 14.9 Å². The molecule has 4 N–H and O–H groups in total. The van der Waals surface area contributed by atoms with Crippen LogP contribution in [0.3, 0.4) is 0 Å². The van der Waals surface area contributed by atoms with Crippen molar-refractivity contribution in [1.82, 2.24) is 5.32 Å². The average Bonchev–Trinajstić information content (AvgIpc) is 2.37. The van der Waals surface area contributed by atoms with Gasteiger partial charge in [-0.2, -0.15) is 0 Å². The number of nitrogens with two attached hydrogens (primary N) is 1. The number of anilines is 1. The van der Waals surface area contributed by atoms with Crippen molar-refractivity contribution in [3.8, 4) is 0 Å². The number of primary amides is 1. The van der Waals surface area contributed by atoms with Gasteiger partial charge in [0.15, 0.2) is 0 Å². The average molecular weight is 283 g/mol. The number of nitrogens with one attached hydrogen (secondary N) is 1. The van der Waals surface area contributed by atoms with Gasteiger partial charge in [-0.15, -0.1) is 0 Å². The van der Waals surface area contributed by atoms with Gasteiger partial charge < -0.3 is 16.2 Å². The highest BCUT2D eigenvalue weighted by atomic mass is 19.1. The van der Waals surface area contributed by atoms with Gasteiger partial charge in [-0.1, -0.05) is 12.1 Å². The third-order valence-electron chi connectivity index (χ3n) is 2.52. The highest BCUT2D eigenvalue weighted by Gasteiger charge is 2.24. The van der Waals surface area contributed by atoms with Crippen molar-refractivity contribution in [3.05, 3.63) is 30.1 Å². The second kappa shape index (κ2) is 6.50. The highest BCUT2D eigenvalue weighted by Crippen LogP contribution is 2.17. The van der Waals surface area contributed by atoms with Crippen LogP contribution in [0.5, 0.6) is 0 Å². The Labute approximate surface area is 114 Å². The topological polar surface area (TPSA) is 113 Å². The standard InChI is InChI=1S/C12H14FN3O4/c1-16(9-5-3-2-4-7(9)13)12(20)15-8(11(18)19)6-10(14)17/h2-5,8H,6H2,1H3,(H2,14,17)(H,15,20)(H,18,19)/t8-/m0/s1. The van der Waals surface area contributed by atoms with E-state index in [0.29, 0.717) is 0 Å². The van der Waals surface area contributed by atoms with Crippen LogP contribution in [0.2, 0.25) is 0 Å². The van der Waals surface area contributed by atoms with E-state index in [4.69, 9.17) is 10.8 Å². The molecule has 0 heterocycles. The molecule has 0 saturated heterocycles. The maximum absolute atomic E-state index is 13.5. The summed E-state index contributed by atoms with van der Waals surface area (Å²) in [6.45, 7) is 0. The molecule has 0 aliphatic rings. The first-order valence-electron chi connectivity index (χ1n) is 5.62. The molecule has 1 rings (SSSR count). The van der Waals surface area contributed by atoms with Crippen LogP contribution >= 0.6 is 0 Å². The van der Waals surface area contributed by atoms with Crippen LogP contribution in [0.25, 0.3) is 0 Å². The van der Waals surface area contributed by atoms with Crippen molar-refractivity contribution >= 4 is 23.6 Å². The van der Waals surface area contributed by atoms with Crippen molar-refractivity contribution in [2.24, 2.45) is 5.73 Å². The van der Waals surface area contributed by atoms with E-state index in [1.165, 1.54) is 25.2 Å². The molecule has 108 valence electrons. The largest absolute Gasteiger partial charge is 0.480 e. The lowest BCUT2D eigenvalue weighted by Crippen LogP contribution is -2.48. The summed E-state index contributed by atoms with van der Waals surface area (Å²) >= 11 is 0. The molecule has 0 radical (unpaired) electrons. The molecular weight excluding hydrogens is 269 g/mol. The predicted molar refractivity (Wildman–Crippen MR) is 68.6 cm³/mol. The molecule has 0 aliphatic heterocycles. The Morgan fingerprint density at radius 1 is 1.40 bits per heavy atom. The smallest absolute Gasteiger partial charge is 0.326 e. The fourth-order valence-electron chi connectivity index (χ4n) is 1.48. The third-order valence-corrected chi connectivity index (χ3v) is 2.52. The van der Waals surface area contributed by atoms with E-state index >= 15 is 0 Å². The first kappa shape index (κ1) is 15.4. The molecule has 0 bridgehead atoms. The minimum Gasteiger partial charge on any atom is -0.480 e. The second-order valence-corrected chi connectivity index (χ2v) is 4.02. The Bertz CT molecular complexity index is 535. The third kappa shape index (κ3) is 3.94. The Kier molecular flexibility index (Phi) is 5.01. The molecule has 0 aromatic heterocycles. The fourth-order valence-corrected chi connectivity index (χ4v) is 1.48. The number of carbonyl (C=O) groups excluding carboxylic acids is 2. The second-order valence-electron chi connectivity index (χ2n) is 4.02. The summed E-state index contributed by atoms with van der Waals surface area (Å²) in [5, 5.41) is 11.0. The maximum Gasteiger partial charge on any atom is 0.326 e. The van der Waals surface area contributed by atoms with E-state index in [2.05, 4.69) is 5.32 Å². The van der Waals surface area contributed by atoms with E-state index in [-0.39, 0.29) is 5.69 Å². The minimum atomic E-state index is -1.46. The summed E-state index contributed by atoms with van der Waals surface area (Å²) in [5.74, 6) is -2.91. The number of benzene rings is 1. The number of para-hydroxylation sites is 1. The van der Waals surface area contributed by atoms with Gasteiger partial charge in [-0.25, -0.2) is 14.0 Å². The lowest BCUT2D eigenvalue weighted by Gasteiger charge is -2.21. The summed E-state index contributed by atoms with van der Waals surface area (Å²) in [7, 11) is 1.27. The molecule has 1 atom stereocenters. The molecule has 8 heteroatoms. The van der Waals surface area contributed by atoms with Crippen LogP contribution in [0.15, 0.2) is 24.3 Å². The lowest BCUT2D eigenvalue weighted by molar-refractivity contribution is -0.140. The number of nitrogens with zero attached hydrogens (tertiary/aromatic N) is 1. The molecule has 0 spiro atoms. The van der Waals surface area contributed by atoms with Gasteiger partial charge in [0.25, 0.3) is 0 Å². The molecule has 1 aromatic carbocycles. The van der Waals surface area contributed by atoms with Gasteiger partial charge in [0.05, 0.1) is 12.1 Å². The Morgan fingerprint density at radius 2 is 2.00 bits per heavy atom. The van der Waals surface area contributed by atoms with Crippen molar-refractivity contribution in [3.63, 3.8) is 0 Å². The highest BCUT2D eigenvalue weighted by molar-refractivity contribution is 5.95. The summed E-state index contributed by atoms with van der Waals surface area (Å²) in [5.41, 5.74) is 4.87. The Balaban J connectivity index is 2.81. The fraction of sp³-hybridized carbons (Fsp3) is 0.250. The van der Waals surface area contributed by atoms with Crippen LogP contribution in [0, 0.1) is 5.82 Å². The van der Waals surface area contributed by atoms with Crippen LogP contribution in [-0.4, -0.2) is 36.1 Å². The monoisotopic (exact) mass is 283 g/mol. The first-order valence-corrected chi connectivity index (χ1v) is 5.62. The molecule has 20 heavy (non-hydrogen) atoms. The van der Waals surface area contributed by atoms with Gasteiger partial charge in [0.2, 0.25) is 5.91 Å². The summed E-state index contributed by atoms with van der Waals surface area (Å²) < 4.78 is 13.5. The number of aliphatic carboxylic acids is 1. The normalized spacial score (nSPS) is 11.5. The van der Waals surface area contributed by atoms with Crippen LogP contribution < -0.4 is 16.0 Å². The zero-order chi connectivity index (χ0) is 15.3. The Morgan fingerprint density at radius 3 is 2.50 bits per heavy atom. The predicted octanol–water partition coefficient (Wildman–Crippen LogP) is 0.300. The molecule has 0 fully saturated rings. The van der Waals surface area contributed by atoms with Crippen molar-refractivity contribution in [2.75, 3.05) is 11.9 Å². The van der Waals surface area contributed by atoms with Gasteiger partial charge in [-0.05, 0) is 12.1 Å². The molecule has 0 unspecified atom stereocenters. The van der Waals surface area contributed by atoms with Crippen LogP contribution in [-0.2, 0) is 9.59 Å². The molecule has 1 aromatic rings. The van der Waals surface area contributed by atoms with E-state index in [0.717, 1.165) is 11.0 Å². The molecule has 0 aliphatic carbocycles. The number of amides is 3. The molecular formula is C12H14FN3O4. The number of rotatable bonds is 5. The summed E-state index contributed by atoms with van der Waals surface area (Å²) in [6.07, 6.45) is -0.549. The van der Waals surface area contributed by atoms with E-state index in [1.54, 1.807) is 0 Å². The molecule has 3 amide bonds. The number of carboxylic acid groups (broad SMARTS) is 1. The maximum atomic E-state index is 13.5. The SMILES string of the molecule is CN(C(=O)N[C@@H](CC(N)=O)C(=O)O)c1ccccc1F. The van der Waals surface area contributed by atoms with Crippen molar-refractivity contribution < 1.29 is 23.9 Å². The number of halogens is 1. The summed E-state index contributed by atoms with van der Waals surface area (Å²) in [4.78, 5) is 34.3. The van der Waals surface area contributed by atoms with Crippen LogP contribution in [0.1, 0.15) is 6.42 Å². The number of carbonyl (C=O) groups is 3. The number of hydrogen-bond acceptors (Lipinski definition) is 3. The summed E-state index contributed by atoms with van der Waals surface area (Å²) in [6, 6.07) is 3.19. The zero-order valence-corrected chi connectivity index (χ0v) is 10.7. The minimum absolute atomic E-state index is 0.0202. The number of carboxylic acids is 1. The number of urea groups is 1. The molecule has 0 saturated carbocycles. The molecule has 7 nitrogen and oxygen atoms in total. The van der Waals surface area contributed by atoms with E-state index in [9.17, 15) is 18.8 Å². The van der Waals surface area contributed by atoms with Gasteiger partial charge >= 0.3 is 12.0 Å². The van der Waals surface area contributed by atoms with Crippen molar-refractivity contribution in [2.45, 2.75) is 12.5 Å². The zero-order valence-electron chi connectivity index (χ0n) is 10.7. The van der Waals surface area contributed by atoms with Crippen molar-refractivity contribution in [1.29, 1.82) is 0 Å².